The highest BCUT2D eigenvalue weighted by Gasteiger charge is 2.34. The zero-order chi connectivity index (χ0) is 23.9. The van der Waals surface area contributed by atoms with E-state index in [-0.39, 0.29) is 36.6 Å². The fourth-order valence-electron chi connectivity index (χ4n) is 3.60. The molecule has 0 atom stereocenters. The van der Waals surface area contributed by atoms with Gasteiger partial charge in [0.1, 0.15) is 11.5 Å². The first-order valence-corrected chi connectivity index (χ1v) is 10.0. The topological polar surface area (TPSA) is 93.2 Å². The first kappa shape index (κ1) is 22.6. The molecular weight excluding hydrogens is 466 g/mol. The Balaban J connectivity index is 1.75. The molecule has 0 fully saturated rings. The average molecular weight is 482 g/mol. The molecule has 0 spiro atoms. The van der Waals surface area contributed by atoms with Gasteiger partial charge in [0.2, 0.25) is 0 Å². The molecule has 172 valence electrons. The number of fused-ring (bicyclic) bond motifs is 1. The summed E-state index contributed by atoms with van der Waals surface area (Å²) in [6.07, 6.45) is -4.65. The number of anilines is 1. The molecule has 0 bridgehead atoms. The van der Waals surface area contributed by atoms with Gasteiger partial charge in [0.05, 0.1) is 34.9 Å². The Kier molecular flexibility index (Phi) is 5.75. The summed E-state index contributed by atoms with van der Waals surface area (Å²) in [5.41, 5.74) is 5.24. The fourth-order valence-corrected chi connectivity index (χ4v) is 3.89. The molecule has 0 aliphatic carbocycles. The minimum atomic E-state index is -4.65. The molecule has 0 saturated heterocycles. The van der Waals surface area contributed by atoms with Gasteiger partial charge in [-0.05, 0) is 30.3 Å². The van der Waals surface area contributed by atoms with Crippen molar-refractivity contribution >= 4 is 29.2 Å². The van der Waals surface area contributed by atoms with E-state index in [1.807, 2.05) is 0 Å². The van der Waals surface area contributed by atoms with Crippen molar-refractivity contribution in [2.45, 2.75) is 19.3 Å². The van der Waals surface area contributed by atoms with Crippen molar-refractivity contribution in [3.8, 4) is 11.3 Å². The van der Waals surface area contributed by atoms with Crippen LogP contribution in [0.4, 0.5) is 28.0 Å². The van der Waals surface area contributed by atoms with E-state index in [1.165, 1.54) is 27.8 Å². The van der Waals surface area contributed by atoms with Crippen LogP contribution in [-0.2, 0) is 19.3 Å². The first-order chi connectivity index (χ1) is 15.5. The number of primary amides is 1. The van der Waals surface area contributed by atoms with E-state index in [4.69, 9.17) is 17.3 Å². The van der Waals surface area contributed by atoms with Crippen molar-refractivity contribution in [2.24, 2.45) is 5.73 Å². The Bertz CT molecular complexity index is 1260. The van der Waals surface area contributed by atoms with Crippen LogP contribution in [0, 0.1) is 5.82 Å². The van der Waals surface area contributed by atoms with Crippen LogP contribution in [0.5, 0.6) is 0 Å². The number of carbonyl (C=O) groups is 2. The monoisotopic (exact) mass is 481 g/mol. The number of amides is 3. The number of benzene rings is 2. The summed E-state index contributed by atoms with van der Waals surface area (Å²) in [6, 6.07) is 7.58. The third kappa shape index (κ3) is 4.49. The predicted molar refractivity (Wildman–Crippen MR) is 112 cm³/mol. The molecule has 7 nitrogen and oxygen atoms in total. The van der Waals surface area contributed by atoms with E-state index in [0.29, 0.717) is 11.3 Å². The van der Waals surface area contributed by atoms with E-state index < -0.39 is 34.5 Å². The number of rotatable bonds is 3. The molecule has 3 aromatic rings. The maximum atomic E-state index is 13.9. The Hall–Kier alpha value is -3.60. The van der Waals surface area contributed by atoms with Crippen LogP contribution in [0.1, 0.15) is 21.6 Å². The van der Waals surface area contributed by atoms with Crippen LogP contribution in [0.15, 0.2) is 42.5 Å². The van der Waals surface area contributed by atoms with Crippen molar-refractivity contribution in [1.82, 2.24) is 14.7 Å². The fraction of sp³-hybridized carbons (Fsp3) is 0.190. The predicted octanol–water partition coefficient (Wildman–Crippen LogP) is 4.51. The molecule has 12 heteroatoms. The third-order valence-corrected chi connectivity index (χ3v) is 5.46. The second kappa shape index (κ2) is 8.39. The van der Waals surface area contributed by atoms with Crippen LogP contribution in [0.25, 0.3) is 11.3 Å². The van der Waals surface area contributed by atoms with Crippen molar-refractivity contribution in [1.29, 1.82) is 0 Å². The molecule has 4 rings (SSSR count). The smallest absolute Gasteiger partial charge is 0.351 e. The van der Waals surface area contributed by atoms with Crippen LogP contribution >= 0.6 is 11.6 Å². The molecule has 33 heavy (non-hydrogen) atoms. The Morgan fingerprint density at radius 1 is 1.12 bits per heavy atom. The van der Waals surface area contributed by atoms with E-state index in [2.05, 4.69) is 10.4 Å². The largest absolute Gasteiger partial charge is 0.417 e. The minimum absolute atomic E-state index is 0.0192. The van der Waals surface area contributed by atoms with Gasteiger partial charge in [0, 0.05) is 17.8 Å². The van der Waals surface area contributed by atoms with Gasteiger partial charge < -0.3 is 16.0 Å². The summed E-state index contributed by atoms with van der Waals surface area (Å²) in [6.45, 7) is 0.496. The number of nitrogens with two attached hydrogens (primary N) is 1. The Morgan fingerprint density at radius 3 is 2.52 bits per heavy atom. The van der Waals surface area contributed by atoms with Gasteiger partial charge >= 0.3 is 12.2 Å². The maximum absolute atomic E-state index is 13.9. The zero-order valence-electron chi connectivity index (χ0n) is 16.8. The second-order valence-electron chi connectivity index (χ2n) is 7.31. The summed E-state index contributed by atoms with van der Waals surface area (Å²) in [5.74, 6) is -1.25. The number of alkyl halides is 3. The lowest BCUT2D eigenvalue weighted by molar-refractivity contribution is -0.137. The molecule has 1 aliphatic rings. The molecule has 0 radical (unpaired) electrons. The molecule has 0 unspecified atom stereocenters. The second-order valence-corrected chi connectivity index (χ2v) is 7.72. The van der Waals surface area contributed by atoms with Crippen molar-refractivity contribution < 1.29 is 27.2 Å². The van der Waals surface area contributed by atoms with Gasteiger partial charge in [-0.1, -0.05) is 23.7 Å². The van der Waals surface area contributed by atoms with Crippen LogP contribution in [0.2, 0.25) is 5.02 Å². The number of nitrogens with one attached hydrogen (secondary N) is 1. The van der Waals surface area contributed by atoms with Crippen molar-refractivity contribution in [3.05, 3.63) is 70.1 Å². The summed E-state index contributed by atoms with van der Waals surface area (Å²) in [4.78, 5) is 26.2. The van der Waals surface area contributed by atoms with Gasteiger partial charge in [-0.2, -0.15) is 18.3 Å². The molecule has 3 N–H and O–H groups in total. The van der Waals surface area contributed by atoms with Crippen LogP contribution < -0.4 is 11.1 Å². The summed E-state index contributed by atoms with van der Waals surface area (Å²) >= 11 is 5.75. The molecule has 2 aromatic carbocycles. The lowest BCUT2D eigenvalue weighted by Gasteiger charge is -2.26. The van der Waals surface area contributed by atoms with E-state index >= 15 is 0 Å². The van der Waals surface area contributed by atoms with Crippen LogP contribution in [0.3, 0.4) is 0 Å². The highest BCUT2D eigenvalue weighted by atomic mass is 35.5. The number of aromatic nitrogens is 2. The Labute approximate surface area is 189 Å². The summed E-state index contributed by atoms with van der Waals surface area (Å²) < 4.78 is 54.3. The highest BCUT2D eigenvalue weighted by Crippen LogP contribution is 2.36. The number of halogens is 5. The van der Waals surface area contributed by atoms with Gasteiger partial charge in [0.25, 0.3) is 5.91 Å². The van der Waals surface area contributed by atoms with E-state index in [9.17, 15) is 27.2 Å². The molecule has 1 aliphatic heterocycles. The third-order valence-electron chi connectivity index (χ3n) is 5.15. The van der Waals surface area contributed by atoms with Gasteiger partial charge in [-0.25, -0.2) is 9.18 Å². The van der Waals surface area contributed by atoms with Gasteiger partial charge in [-0.15, -0.1) is 0 Å². The zero-order valence-corrected chi connectivity index (χ0v) is 17.5. The number of hydrogen-bond donors (Lipinski definition) is 2. The minimum Gasteiger partial charge on any atom is -0.351 e. The lowest BCUT2D eigenvalue weighted by atomic mass is 10.0. The van der Waals surface area contributed by atoms with Crippen molar-refractivity contribution in [3.63, 3.8) is 0 Å². The maximum Gasteiger partial charge on any atom is 0.417 e. The van der Waals surface area contributed by atoms with Crippen LogP contribution in [-0.4, -0.2) is 33.2 Å². The van der Waals surface area contributed by atoms with E-state index in [0.717, 1.165) is 18.2 Å². The van der Waals surface area contributed by atoms with E-state index in [1.54, 1.807) is 6.07 Å². The summed E-state index contributed by atoms with van der Waals surface area (Å²) in [7, 11) is 0. The highest BCUT2D eigenvalue weighted by molar-refractivity contribution is 6.31. The normalized spacial score (nSPS) is 13.5. The summed E-state index contributed by atoms with van der Waals surface area (Å²) in [5, 5.41) is 6.35. The number of carbonyl (C=O) groups excluding carboxylic acids is 2. The van der Waals surface area contributed by atoms with Crippen molar-refractivity contribution in [2.75, 3.05) is 11.9 Å². The molecule has 3 amide bonds. The standard InChI is InChI=1S/C21H16ClF4N5O2/c22-15-9-13(4-5-14(15)21(24,25)26)28-19(32)17-16-10-30(20(27)33)6-7-31(16)29-18(17)11-2-1-3-12(23)8-11/h1-5,8-9H,6-7,10H2,(H2,27,33)(H,28,32). The van der Waals surface area contributed by atoms with Gasteiger partial charge in [-0.3, -0.25) is 9.48 Å². The number of urea groups is 1. The Morgan fingerprint density at radius 2 is 1.88 bits per heavy atom. The number of nitrogens with zero attached hydrogens (tertiary/aromatic N) is 3. The molecule has 1 aromatic heterocycles. The van der Waals surface area contributed by atoms with Gasteiger partial charge in [0.15, 0.2) is 0 Å². The SMILES string of the molecule is NC(=O)N1CCn2nc(-c3cccc(F)c3)c(C(=O)Nc3ccc(C(F)(F)F)c(Cl)c3)c2C1. The quantitative estimate of drug-likeness (QED) is 0.539. The first-order valence-electron chi connectivity index (χ1n) is 9.62. The molecule has 2 heterocycles. The average Bonchev–Trinajstić information content (AvgIpc) is 3.11. The number of hydrogen-bond acceptors (Lipinski definition) is 3. The molecule has 0 saturated carbocycles. The molecular formula is C21H16ClF4N5O2. The lowest BCUT2D eigenvalue weighted by Crippen LogP contribution is -2.42.